The molecule has 4 aliphatic rings. The Balaban J connectivity index is 1.56. The van der Waals surface area contributed by atoms with Crippen LogP contribution in [0.5, 0.6) is 0 Å². The largest absolute Gasteiger partial charge is 0.461 e. The summed E-state index contributed by atoms with van der Waals surface area (Å²) in [5.41, 5.74) is 1.54. The predicted molar refractivity (Wildman–Crippen MR) is 140 cm³/mol. The van der Waals surface area contributed by atoms with Crippen molar-refractivity contribution in [1.29, 1.82) is 0 Å². The lowest BCUT2D eigenvalue weighted by Gasteiger charge is -2.35. The van der Waals surface area contributed by atoms with Crippen molar-refractivity contribution >= 4 is 46.8 Å². The summed E-state index contributed by atoms with van der Waals surface area (Å²) in [7, 11) is 0. The lowest BCUT2D eigenvalue weighted by molar-refractivity contribution is -0.151. The topological polar surface area (TPSA) is 87.2 Å². The van der Waals surface area contributed by atoms with Crippen LogP contribution in [0.2, 0.25) is 5.02 Å². The Morgan fingerprint density at radius 2 is 1.94 bits per heavy atom. The molecule has 0 aliphatic carbocycles. The molecule has 1 unspecified atom stereocenters. The number of esters is 1. The third-order valence-corrected chi connectivity index (χ3v) is 9.73. The van der Waals surface area contributed by atoms with E-state index in [1.54, 1.807) is 27.6 Å². The van der Waals surface area contributed by atoms with Crippen molar-refractivity contribution in [3.63, 3.8) is 0 Å². The zero-order chi connectivity index (χ0) is 25.4. The number of unbranched alkanes of at least 4 members (excludes halogenated alkanes) is 3. The van der Waals surface area contributed by atoms with Crippen molar-refractivity contribution in [2.24, 2.45) is 11.8 Å². The number of carbonyl (C=O) groups excluding carboxylic acids is 3. The molecule has 9 heteroatoms. The van der Waals surface area contributed by atoms with Gasteiger partial charge in [-0.05, 0) is 31.4 Å². The molecule has 0 aromatic heterocycles. The number of amides is 2. The molecule has 5 rings (SSSR count). The van der Waals surface area contributed by atoms with Crippen LogP contribution in [0.3, 0.4) is 0 Å². The number of fused-ring (bicyclic) bond motifs is 2. The Kier molecular flexibility index (Phi) is 7.21. The molecule has 5 atom stereocenters. The number of cyclic esters (lactones) is 1. The fourth-order valence-electron chi connectivity index (χ4n) is 6.12. The number of carbonyl (C=O) groups is 3. The first-order valence-corrected chi connectivity index (χ1v) is 13.8. The van der Waals surface area contributed by atoms with Gasteiger partial charge in [0, 0.05) is 24.9 Å². The average Bonchev–Trinajstić information content (AvgIpc) is 3.14. The molecule has 1 aromatic rings. The van der Waals surface area contributed by atoms with E-state index in [1.807, 2.05) is 43.4 Å². The Morgan fingerprint density at radius 1 is 1.14 bits per heavy atom. The standard InChI is InChI=1S/C27H31ClN2O5S/c1-17-9-6-10-18(28)22(17)29-14-8-12-27-21(20-19(36-27)11-7-16-35-26(20)34)24(32)30(23(27)25(29)33)13-4-2-3-5-15-31/h6-12,19-21,23,31H,2-5,13-16H2,1H3/t19-,20+,21-,23?,27-/m0/s1. The normalized spacial score (nSPS) is 31.1. The minimum atomic E-state index is -0.862. The van der Waals surface area contributed by atoms with Crippen molar-refractivity contribution in [2.45, 2.75) is 48.6 Å². The third kappa shape index (κ3) is 4.07. The number of aryl methyl sites for hydroxylation is 1. The molecular formula is C27H31ClN2O5S. The molecular weight excluding hydrogens is 500 g/mol. The number of anilines is 1. The first-order chi connectivity index (χ1) is 17.4. The Labute approximate surface area is 220 Å². The molecule has 192 valence electrons. The van der Waals surface area contributed by atoms with Crippen LogP contribution < -0.4 is 4.90 Å². The van der Waals surface area contributed by atoms with Crippen LogP contribution in [0, 0.1) is 18.8 Å². The van der Waals surface area contributed by atoms with Crippen molar-refractivity contribution in [1.82, 2.24) is 4.90 Å². The fraction of sp³-hybridized carbons (Fsp3) is 0.519. The number of thioether (sulfide) groups is 1. The summed E-state index contributed by atoms with van der Waals surface area (Å²) < 4.78 is 4.56. The van der Waals surface area contributed by atoms with E-state index in [0.29, 0.717) is 30.2 Å². The van der Waals surface area contributed by atoms with E-state index >= 15 is 0 Å². The molecule has 2 amide bonds. The molecule has 0 bridgehead atoms. The van der Waals surface area contributed by atoms with E-state index < -0.39 is 22.6 Å². The van der Waals surface area contributed by atoms with E-state index in [1.165, 1.54) is 0 Å². The minimum absolute atomic E-state index is 0.140. The van der Waals surface area contributed by atoms with Crippen LogP contribution in [0.1, 0.15) is 31.2 Å². The number of benzene rings is 1. The lowest BCUT2D eigenvalue weighted by atomic mass is 9.78. The van der Waals surface area contributed by atoms with E-state index in [9.17, 15) is 14.4 Å². The fourth-order valence-corrected chi connectivity index (χ4v) is 8.45. The van der Waals surface area contributed by atoms with Gasteiger partial charge in [-0.25, -0.2) is 0 Å². The maximum atomic E-state index is 14.4. The van der Waals surface area contributed by atoms with Crippen LogP contribution in [0.15, 0.2) is 42.5 Å². The molecule has 0 radical (unpaired) electrons. The number of nitrogens with zero attached hydrogens (tertiary/aromatic N) is 2. The number of aliphatic hydroxyl groups excluding tert-OH is 1. The predicted octanol–water partition coefficient (Wildman–Crippen LogP) is 3.51. The molecule has 7 nitrogen and oxygen atoms in total. The second-order valence-electron chi connectivity index (χ2n) is 9.83. The average molecular weight is 531 g/mol. The maximum Gasteiger partial charge on any atom is 0.311 e. The van der Waals surface area contributed by atoms with Crippen LogP contribution in [0.4, 0.5) is 5.69 Å². The van der Waals surface area contributed by atoms with Crippen LogP contribution >= 0.6 is 23.4 Å². The monoisotopic (exact) mass is 530 g/mol. The second kappa shape index (κ2) is 10.2. The molecule has 1 aromatic carbocycles. The van der Waals surface area contributed by atoms with E-state index in [-0.39, 0.29) is 36.2 Å². The van der Waals surface area contributed by atoms with Crippen molar-refractivity contribution < 1.29 is 24.2 Å². The summed E-state index contributed by atoms with van der Waals surface area (Å²) >= 11 is 8.11. The highest BCUT2D eigenvalue weighted by Gasteiger charge is 2.71. The molecule has 1 spiro atoms. The first-order valence-electron chi connectivity index (χ1n) is 12.6. The highest BCUT2D eigenvalue weighted by atomic mass is 35.5. The molecule has 2 saturated heterocycles. The van der Waals surface area contributed by atoms with Gasteiger partial charge in [0.25, 0.3) is 5.91 Å². The molecule has 36 heavy (non-hydrogen) atoms. The minimum Gasteiger partial charge on any atom is -0.461 e. The number of likely N-dealkylation sites (tertiary alicyclic amines) is 1. The molecule has 0 saturated carbocycles. The summed E-state index contributed by atoms with van der Waals surface area (Å²) in [5.74, 6) is -2.01. The summed E-state index contributed by atoms with van der Waals surface area (Å²) in [6.45, 7) is 3.02. The van der Waals surface area contributed by atoms with E-state index in [0.717, 1.165) is 24.8 Å². The van der Waals surface area contributed by atoms with Gasteiger partial charge in [0.05, 0.1) is 27.3 Å². The summed E-state index contributed by atoms with van der Waals surface area (Å²) in [6.07, 6.45) is 10.8. The molecule has 4 aliphatic heterocycles. The highest BCUT2D eigenvalue weighted by Crippen LogP contribution is 2.61. The number of hydrogen-bond donors (Lipinski definition) is 1. The molecule has 4 heterocycles. The van der Waals surface area contributed by atoms with Gasteiger partial charge in [-0.15, -0.1) is 11.8 Å². The number of halogens is 1. The third-order valence-electron chi connectivity index (χ3n) is 7.68. The Hall–Kier alpha value is -2.29. The summed E-state index contributed by atoms with van der Waals surface area (Å²) in [6, 6.07) is 4.79. The van der Waals surface area contributed by atoms with Gasteiger partial charge in [0.15, 0.2) is 0 Å². The SMILES string of the molecule is Cc1cccc(Cl)c1N1CC=C[C@]23S[C@H]4C=CCOC(=O)[C@H]4[C@H]2C(=O)N(CCCCCCO)C3C1=O. The van der Waals surface area contributed by atoms with E-state index in [2.05, 4.69) is 0 Å². The van der Waals surface area contributed by atoms with Gasteiger partial charge in [-0.1, -0.05) is 60.9 Å². The van der Waals surface area contributed by atoms with Gasteiger partial charge in [-0.3, -0.25) is 14.4 Å². The van der Waals surface area contributed by atoms with Gasteiger partial charge < -0.3 is 19.6 Å². The molecule has 1 N–H and O–H groups in total. The van der Waals surface area contributed by atoms with Gasteiger partial charge in [0.1, 0.15) is 12.6 Å². The van der Waals surface area contributed by atoms with Gasteiger partial charge in [-0.2, -0.15) is 0 Å². The van der Waals surface area contributed by atoms with Crippen molar-refractivity contribution in [3.8, 4) is 0 Å². The molecule has 2 fully saturated rings. The van der Waals surface area contributed by atoms with Crippen LogP contribution in [-0.2, 0) is 19.1 Å². The zero-order valence-electron chi connectivity index (χ0n) is 20.3. The lowest BCUT2D eigenvalue weighted by Crippen LogP contribution is -2.53. The maximum absolute atomic E-state index is 14.4. The Morgan fingerprint density at radius 3 is 2.72 bits per heavy atom. The van der Waals surface area contributed by atoms with Crippen molar-refractivity contribution in [2.75, 3.05) is 31.2 Å². The number of hydrogen-bond acceptors (Lipinski definition) is 6. The zero-order valence-corrected chi connectivity index (χ0v) is 21.8. The summed E-state index contributed by atoms with van der Waals surface area (Å²) in [4.78, 5) is 44.8. The van der Waals surface area contributed by atoms with Crippen LogP contribution in [0.25, 0.3) is 0 Å². The van der Waals surface area contributed by atoms with Crippen molar-refractivity contribution in [3.05, 3.63) is 53.1 Å². The summed E-state index contributed by atoms with van der Waals surface area (Å²) in [5, 5.41) is 9.36. The second-order valence-corrected chi connectivity index (χ2v) is 11.7. The number of aliphatic hydroxyl groups is 1. The van der Waals surface area contributed by atoms with Crippen LogP contribution in [-0.4, -0.2) is 70.1 Å². The Bertz CT molecular complexity index is 1100. The highest BCUT2D eigenvalue weighted by molar-refractivity contribution is 8.02. The smallest absolute Gasteiger partial charge is 0.311 e. The number of ether oxygens (including phenoxy) is 1. The van der Waals surface area contributed by atoms with E-state index in [4.69, 9.17) is 21.4 Å². The number of para-hydroxylation sites is 1. The first kappa shape index (κ1) is 25.4. The van der Waals surface area contributed by atoms with Gasteiger partial charge >= 0.3 is 5.97 Å². The van der Waals surface area contributed by atoms with Gasteiger partial charge in [0.2, 0.25) is 5.91 Å². The quantitative estimate of drug-likeness (QED) is 0.330. The number of rotatable bonds is 7.